The average Bonchev–Trinajstić information content (AvgIpc) is 3.04. The van der Waals surface area contributed by atoms with E-state index in [0.717, 1.165) is 17.0 Å². The third-order valence-corrected chi connectivity index (χ3v) is 3.61. The van der Waals surface area contributed by atoms with Crippen molar-refractivity contribution < 1.29 is 9.18 Å². The van der Waals surface area contributed by atoms with Crippen LogP contribution in [0.1, 0.15) is 11.4 Å². The van der Waals surface area contributed by atoms with Crippen LogP contribution in [0.5, 0.6) is 0 Å². The maximum Gasteiger partial charge on any atom is 0.319 e. The summed E-state index contributed by atoms with van der Waals surface area (Å²) in [4.78, 5) is 16.2. The fraction of sp³-hybridized carbons (Fsp3) is 0.167. The lowest BCUT2D eigenvalue weighted by molar-refractivity contribution is 0.252. The van der Waals surface area contributed by atoms with Crippen molar-refractivity contribution in [1.29, 1.82) is 0 Å². The number of carbonyl (C=O) groups is 1. The van der Waals surface area contributed by atoms with Gasteiger partial charge in [0.15, 0.2) is 5.82 Å². The molecule has 0 spiro atoms. The first-order valence-corrected chi connectivity index (χ1v) is 7.89. The molecule has 25 heavy (non-hydrogen) atoms. The van der Waals surface area contributed by atoms with E-state index in [4.69, 9.17) is 0 Å². The summed E-state index contributed by atoms with van der Waals surface area (Å²) in [6, 6.07) is 13.2. The van der Waals surface area contributed by atoms with Gasteiger partial charge in [-0.1, -0.05) is 12.1 Å². The van der Waals surface area contributed by atoms with Crippen LogP contribution in [0, 0.1) is 12.7 Å². The van der Waals surface area contributed by atoms with Crippen LogP contribution in [0.4, 0.5) is 14.9 Å². The van der Waals surface area contributed by atoms with Gasteiger partial charge in [-0.05, 0) is 55.3 Å². The van der Waals surface area contributed by atoms with E-state index < -0.39 is 0 Å². The molecular formula is C18H18FN5O. The van der Waals surface area contributed by atoms with Gasteiger partial charge < -0.3 is 10.6 Å². The number of halogens is 1. The number of aromatic amines is 1. The Hall–Kier alpha value is -3.22. The van der Waals surface area contributed by atoms with Crippen LogP contribution in [0.3, 0.4) is 0 Å². The summed E-state index contributed by atoms with van der Waals surface area (Å²) in [5.74, 6) is 1.10. The van der Waals surface area contributed by atoms with E-state index in [1.807, 2.05) is 19.1 Å². The summed E-state index contributed by atoms with van der Waals surface area (Å²) >= 11 is 0. The molecule has 0 fully saturated rings. The van der Waals surface area contributed by atoms with Gasteiger partial charge in [-0.15, -0.1) is 0 Å². The molecule has 0 aliphatic rings. The molecule has 0 saturated heterocycles. The second-order valence-corrected chi connectivity index (χ2v) is 5.58. The van der Waals surface area contributed by atoms with Gasteiger partial charge in [0.1, 0.15) is 11.6 Å². The Kier molecular flexibility index (Phi) is 5.03. The van der Waals surface area contributed by atoms with Crippen molar-refractivity contribution in [3.63, 3.8) is 0 Å². The largest absolute Gasteiger partial charge is 0.338 e. The van der Waals surface area contributed by atoms with E-state index in [0.29, 0.717) is 24.5 Å². The van der Waals surface area contributed by atoms with E-state index in [1.165, 1.54) is 12.1 Å². The van der Waals surface area contributed by atoms with Crippen molar-refractivity contribution >= 4 is 11.7 Å². The molecule has 128 valence electrons. The van der Waals surface area contributed by atoms with E-state index in [9.17, 15) is 9.18 Å². The van der Waals surface area contributed by atoms with Crippen molar-refractivity contribution in [2.75, 3.05) is 11.9 Å². The standard InChI is InChI=1S/C18H18FN5O/c1-12-21-17(24-23-12)14-4-8-16(9-5-14)22-18(25)20-11-10-13-2-6-15(19)7-3-13/h2-9H,10-11H2,1H3,(H2,20,22,25)(H,21,23,24). The Balaban J connectivity index is 1.48. The zero-order valence-electron chi connectivity index (χ0n) is 13.7. The van der Waals surface area contributed by atoms with Gasteiger partial charge in [-0.3, -0.25) is 5.10 Å². The van der Waals surface area contributed by atoms with Crippen LogP contribution in [0.2, 0.25) is 0 Å². The number of amides is 2. The predicted molar refractivity (Wildman–Crippen MR) is 93.7 cm³/mol. The number of hydrogen-bond acceptors (Lipinski definition) is 3. The fourth-order valence-electron chi connectivity index (χ4n) is 2.32. The maximum atomic E-state index is 12.8. The highest BCUT2D eigenvalue weighted by atomic mass is 19.1. The zero-order valence-corrected chi connectivity index (χ0v) is 13.7. The molecule has 1 heterocycles. The first-order chi connectivity index (χ1) is 12.1. The third kappa shape index (κ3) is 4.63. The van der Waals surface area contributed by atoms with Crippen molar-refractivity contribution in [2.45, 2.75) is 13.3 Å². The van der Waals surface area contributed by atoms with E-state index in [-0.39, 0.29) is 11.8 Å². The number of carbonyl (C=O) groups excluding carboxylic acids is 1. The Bertz CT molecular complexity index is 843. The maximum absolute atomic E-state index is 12.8. The van der Waals surface area contributed by atoms with Crippen molar-refractivity contribution in [2.24, 2.45) is 0 Å². The molecule has 2 amide bonds. The highest BCUT2D eigenvalue weighted by Crippen LogP contribution is 2.17. The smallest absolute Gasteiger partial charge is 0.319 e. The lowest BCUT2D eigenvalue weighted by Crippen LogP contribution is -2.30. The number of hydrogen-bond donors (Lipinski definition) is 3. The van der Waals surface area contributed by atoms with Crippen LogP contribution < -0.4 is 10.6 Å². The molecule has 6 nitrogen and oxygen atoms in total. The lowest BCUT2D eigenvalue weighted by Gasteiger charge is -2.08. The summed E-state index contributed by atoms with van der Waals surface area (Å²) in [5, 5.41) is 12.4. The molecule has 3 N–H and O–H groups in total. The van der Waals surface area contributed by atoms with Crippen LogP contribution in [-0.2, 0) is 6.42 Å². The first kappa shape index (κ1) is 16.6. The van der Waals surface area contributed by atoms with Crippen molar-refractivity contribution in [3.8, 4) is 11.4 Å². The number of rotatable bonds is 5. The highest BCUT2D eigenvalue weighted by Gasteiger charge is 2.05. The van der Waals surface area contributed by atoms with Crippen molar-refractivity contribution in [1.82, 2.24) is 20.5 Å². The molecule has 0 radical (unpaired) electrons. The molecular weight excluding hydrogens is 321 g/mol. The molecule has 2 aromatic carbocycles. The predicted octanol–water partition coefficient (Wildman–Crippen LogP) is 3.28. The molecule has 3 rings (SSSR count). The molecule has 7 heteroatoms. The number of H-pyrrole nitrogens is 1. The monoisotopic (exact) mass is 339 g/mol. The van der Waals surface area contributed by atoms with Gasteiger partial charge in [-0.25, -0.2) is 14.2 Å². The zero-order chi connectivity index (χ0) is 17.6. The van der Waals surface area contributed by atoms with Crippen LogP contribution >= 0.6 is 0 Å². The summed E-state index contributed by atoms with van der Waals surface area (Å²) in [6.45, 7) is 2.30. The quantitative estimate of drug-likeness (QED) is 0.667. The van der Waals surface area contributed by atoms with E-state index >= 15 is 0 Å². The van der Waals surface area contributed by atoms with E-state index in [1.54, 1.807) is 24.3 Å². The van der Waals surface area contributed by atoms with E-state index in [2.05, 4.69) is 25.8 Å². The number of aromatic nitrogens is 3. The summed E-state index contributed by atoms with van der Waals surface area (Å²) in [5.41, 5.74) is 2.51. The number of anilines is 1. The molecule has 0 aliphatic carbocycles. The summed E-state index contributed by atoms with van der Waals surface area (Å²) in [7, 11) is 0. The first-order valence-electron chi connectivity index (χ1n) is 7.89. The Labute approximate surface area is 144 Å². The Morgan fingerprint density at radius 3 is 2.48 bits per heavy atom. The minimum Gasteiger partial charge on any atom is -0.338 e. The van der Waals surface area contributed by atoms with Crippen LogP contribution in [0.15, 0.2) is 48.5 Å². The van der Waals surface area contributed by atoms with Crippen LogP contribution in [0.25, 0.3) is 11.4 Å². The van der Waals surface area contributed by atoms with Gasteiger partial charge in [0.25, 0.3) is 0 Å². The van der Waals surface area contributed by atoms with Gasteiger partial charge in [-0.2, -0.15) is 5.10 Å². The molecule has 1 aromatic heterocycles. The number of urea groups is 1. The summed E-state index contributed by atoms with van der Waals surface area (Å²) in [6.07, 6.45) is 0.636. The average molecular weight is 339 g/mol. The highest BCUT2D eigenvalue weighted by molar-refractivity contribution is 5.89. The molecule has 0 aliphatic heterocycles. The summed E-state index contributed by atoms with van der Waals surface area (Å²) < 4.78 is 12.8. The third-order valence-electron chi connectivity index (χ3n) is 3.61. The number of nitrogens with one attached hydrogen (secondary N) is 3. The lowest BCUT2D eigenvalue weighted by atomic mass is 10.1. The molecule has 3 aromatic rings. The second-order valence-electron chi connectivity index (χ2n) is 5.58. The SMILES string of the molecule is Cc1nc(-c2ccc(NC(=O)NCCc3ccc(F)cc3)cc2)n[nH]1. The second kappa shape index (κ2) is 7.57. The van der Waals surface area contributed by atoms with Gasteiger partial charge >= 0.3 is 6.03 Å². The Morgan fingerprint density at radius 2 is 1.84 bits per heavy atom. The van der Waals surface area contributed by atoms with Crippen molar-refractivity contribution in [3.05, 3.63) is 65.7 Å². The fourth-order valence-corrected chi connectivity index (χ4v) is 2.32. The minimum atomic E-state index is -0.288. The molecule has 0 unspecified atom stereocenters. The normalized spacial score (nSPS) is 10.5. The minimum absolute atomic E-state index is 0.266. The van der Waals surface area contributed by atoms with Gasteiger partial charge in [0, 0.05) is 17.8 Å². The Morgan fingerprint density at radius 1 is 1.12 bits per heavy atom. The molecule has 0 saturated carbocycles. The molecule has 0 atom stereocenters. The van der Waals surface area contributed by atoms with Crippen LogP contribution in [-0.4, -0.2) is 27.8 Å². The number of nitrogens with zero attached hydrogens (tertiary/aromatic N) is 2. The van der Waals surface area contributed by atoms with Gasteiger partial charge in [0.2, 0.25) is 0 Å². The van der Waals surface area contributed by atoms with Gasteiger partial charge in [0.05, 0.1) is 0 Å². The molecule has 0 bridgehead atoms. The number of aryl methyl sites for hydroxylation is 1. The number of benzene rings is 2. The topological polar surface area (TPSA) is 82.7 Å².